The molecule has 0 unspecified atom stereocenters. The molecule has 6 N–H and O–H groups in total. The number of guanidine groups is 1. The van der Waals surface area contributed by atoms with Crippen LogP contribution in [0.1, 0.15) is 20.3 Å². The second kappa shape index (κ2) is 7.69. The first kappa shape index (κ1) is 20.0. The van der Waals surface area contributed by atoms with Crippen molar-refractivity contribution < 1.29 is 19.8 Å². The van der Waals surface area contributed by atoms with Gasteiger partial charge in [-0.25, -0.2) is 4.79 Å². The van der Waals surface area contributed by atoms with Crippen LogP contribution < -0.4 is 16.4 Å². The number of carbonyl (C=O) groups excluding carboxylic acids is 1. The number of amides is 1. The van der Waals surface area contributed by atoms with Crippen LogP contribution in [0.5, 0.6) is 0 Å². The van der Waals surface area contributed by atoms with Gasteiger partial charge in [-0.2, -0.15) is 0 Å². The molecule has 0 aromatic rings. The van der Waals surface area contributed by atoms with Gasteiger partial charge in [0.1, 0.15) is 5.70 Å². The molecule has 27 heavy (non-hydrogen) atoms. The number of aliphatic carboxylic acids is 1. The van der Waals surface area contributed by atoms with Crippen molar-refractivity contribution in [1.82, 2.24) is 15.5 Å². The number of carboxylic acid groups (broad SMARTS) is 1. The maximum absolute atomic E-state index is 12.4. The Morgan fingerprint density at radius 1 is 1.56 bits per heavy atom. The molecule has 0 aliphatic carbocycles. The lowest BCUT2D eigenvalue weighted by molar-refractivity contribution is -0.163. The molecule has 0 spiro atoms. The molecule has 1 amide bonds. The molecule has 3 rings (SSSR count). The van der Waals surface area contributed by atoms with E-state index in [0.29, 0.717) is 12.5 Å². The van der Waals surface area contributed by atoms with Gasteiger partial charge in [0.25, 0.3) is 0 Å². The summed E-state index contributed by atoms with van der Waals surface area (Å²) in [6.45, 7) is 4.93. The van der Waals surface area contributed by atoms with Gasteiger partial charge in [0, 0.05) is 42.3 Å². The van der Waals surface area contributed by atoms with Gasteiger partial charge in [0.05, 0.1) is 18.1 Å². The van der Waals surface area contributed by atoms with E-state index in [0.717, 1.165) is 17.9 Å². The molecular formula is C17H27N5O4S. The fourth-order valence-corrected chi connectivity index (χ4v) is 5.71. The highest BCUT2D eigenvalue weighted by Crippen LogP contribution is 2.51. The van der Waals surface area contributed by atoms with Gasteiger partial charge >= 0.3 is 5.97 Å². The molecule has 2 fully saturated rings. The minimum absolute atomic E-state index is 0.0864. The largest absolute Gasteiger partial charge is 0.477 e. The molecule has 150 valence electrons. The Morgan fingerprint density at radius 3 is 2.85 bits per heavy atom. The van der Waals surface area contributed by atoms with E-state index in [9.17, 15) is 19.8 Å². The lowest BCUT2D eigenvalue weighted by Crippen LogP contribution is -2.63. The third-order valence-corrected chi connectivity index (χ3v) is 7.07. The normalized spacial score (nSPS) is 34.5. The summed E-state index contributed by atoms with van der Waals surface area (Å²) in [5.41, 5.74) is 5.74. The van der Waals surface area contributed by atoms with Crippen LogP contribution in [0.3, 0.4) is 0 Å². The number of rotatable bonds is 6. The quantitative estimate of drug-likeness (QED) is 0.222. The number of carbonyl (C=O) groups is 2. The number of β-lactam (4-membered cyclic amide) rings is 1. The first-order chi connectivity index (χ1) is 12.8. The molecule has 2 saturated heterocycles. The molecule has 6 atom stereocenters. The number of carboxylic acids is 1. The first-order valence-electron chi connectivity index (χ1n) is 9.11. The SMILES string of the molecule is CN=C(N)NC[C@@H]1C[C@H](SC2=C(C(=O)O)N3C(=O)[C@H]([C@@H](C)O)[C@H]3[C@H]2C)CN1. The maximum Gasteiger partial charge on any atom is 0.353 e. The summed E-state index contributed by atoms with van der Waals surface area (Å²) in [6, 6.07) is -0.0456. The number of hydrogen-bond donors (Lipinski definition) is 5. The van der Waals surface area contributed by atoms with Crippen LogP contribution >= 0.6 is 11.8 Å². The van der Waals surface area contributed by atoms with E-state index in [-0.39, 0.29) is 34.9 Å². The van der Waals surface area contributed by atoms with Crippen molar-refractivity contribution in [1.29, 1.82) is 0 Å². The van der Waals surface area contributed by atoms with Gasteiger partial charge in [-0.3, -0.25) is 9.79 Å². The van der Waals surface area contributed by atoms with Crippen LogP contribution in [0.25, 0.3) is 0 Å². The summed E-state index contributed by atoms with van der Waals surface area (Å²) < 4.78 is 0. The predicted octanol–water partition coefficient (Wildman–Crippen LogP) is -0.862. The maximum atomic E-state index is 12.4. The molecule has 9 nitrogen and oxygen atoms in total. The summed E-state index contributed by atoms with van der Waals surface area (Å²) in [5.74, 6) is -1.61. The van der Waals surface area contributed by atoms with Gasteiger partial charge in [-0.05, 0) is 13.3 Å². The lowest BCUT2D eigenvalue weighted by atomic mass is 9.79. The Balaban J connectivity index is 1.69. The Labute approximate surface area is 162 Å². The van der Waals surface area contributed by atoms with Crippen LogP contribution in [0.4, 0.5) is 0 Å². The Hall–Kier alpha value is -1.78. The van der Waals surface area contributed by atoms with Crippen molar-refractivity contribution in [2.45, 2.75) is 43.7 Å². The van der Waals surface area contributed by atoms with Crippen LogP contribution in [0.15, 0.2) is 15.6 Å². The van der Waals surface area contributed by atoms with Crippen molar-refractivity contribution in [2.24, 2.45) is 22.6 Å². The monoisotopic (exact) mass is 397 g/mol. The van der Waals surface area contributed by atoms with Crippen LogP contribution in [-0.2, 0) is 9.59 Å². The summed E-state index contributed by atoms with van der Waals surface area (Å²) in [5, 5.41) is 26.2. The third kappa shape index (κ3) is 3.53. The Kier molecular flexibility index (Phi) is 5.68. The molecule has 0 bridgehead atoms. The minimum Gasteiger partial charge on any atom is -0.477 e. The average Bonchev–Trinajstić information content (AvgIpc) is 3.14. The first-order valence-corrected chi connectivity index (χ1v) is 9.99. The molecule has 3 aliphatic rings. The average molecular weight is 398 g/mol. The van der Waals surface area contributed by atoms with E-state index < -0.39 is 18.0 Å². The number of aliphatic imine (C=N–C) groups is 1. The zero-order chi connectivity index (χ0) is 19.9. The van der Waals surface area contributed by atoms with Crippen molar-refractivity contribution in [3.63, 3.8) is 0 Å². The zero-order valence-corrected chi connectivity index (χ0v) is 16.5. The molecule has 0 aromatic heterocycles. The second-order valence-electron chi connectivity index (χ2n) is 7.34. The van der Waals surface area contributed by atoms with Crippen LogP contribution in [0, 0.1) is 11.8 Å². The Bertz CT molecular complexity index is 695. The van der Waals surface area contributed by atoms with Crippen LogP contribution in [0.2, 0.25) is 0 Å². The van der Waals surface area contributed by atoms with Crippen molar-refractivity contribution >= 4 is 29.6 Å². The number of aliphatic hydroxyl groups is 1. The lowest BCUT2D eigenvalue weighted by Gasteiger charge is -2.46. The van der Waals surface area contributed by atoms with Crippen LogP contribution in [-0.4, -0.2) is 76.5 Å². The summed E-state index contributed by atoms with van der Waals surface area (Å²) in [6.07, 6.45) is 0.0749. The number of fused-ring (bicyclic) bond motifs is 1. The molecular weight excluding hydrogens is 370 g/mol. The minimum atomic E-state index is -1.08. The Morgan fingerprint density at radius 2 is 2.26 bits per heavy atom. The summed E-state index contributed by atoms with van der Waals surface area (Å²) >= 11 is 1.54. The molecule has 3 heterocycles. The number of nitrogens with two attached hydrogens (primary N) is 1. The molecule has 0 aromatic carbocycles. The fraction of sp³-hybridized carbons (Fsp3) is 0.706. The standard InChI is InChI=1S/C17H27N5O4S/c1-7-12-11(8(2)23)15(24)22(12)13(16(25)26)14(7)27-10-4-9(20-6-10)5-21-17(18)19-3/h7-12,20,23H,4-6H2,1-3H3,(H,25,26)(H3,18,19,21)/t7-,8-,9+,10+,11-,12-/m1/s1. The molecule has 3 aliphatic heterocycles. The number of thioether (sulfide) groups is 1. The van der Waals surface area contributed by atoms with Crippen molar-refractivity contribution in [2.75, 3.05) is 20.1 Å². The van der Waals surface area contributed by atoms with Gasteiger partial charge in [0.2, 0.25) is 5.91 Å². The number of hydrogen-bond acceptors (Lipinski definition) is 6. The summed E-state index contributed by atoms with van der Waals surface area (Å²) in [4.78, 5) is 30.2. The molecule has 0 radical (unpaired) electrons. The van der Waals surface area contributed by atoms with Crippen molar-refractivity contribution in [3.05, 3.63) is 10.6 Å². The van der Waals surface area contributed by atoms with Gasteiger partial charge in [-0.1, -0.05) is 6.92 Å². The predicted molar refractivity (Wildman–Crippen MR) is 103 cm³/mol. The zero-order valence-electron chi connectivity index (χ0n) is 15.7. The van der Waals surface area contributed by atoms with Gasteiger partial charge < -0.3 is 31.5 Å². The molecule has 10 heteroatoms. The second-order valence-corrected chi connectivity index (χ2v) is 8.68. The smallest absolute Gasteiger partial charge is 0.353 e. The highest BCUT2D eigenvalue weighted by Gasteiger charge is 2.60. The highest BCUT2D eigenvalue weighted by atomic mass is 32.2. The molecule has 0 saturated carbocycles. The number of aliphatic hydroxyl groups excluding tert-OH is 1. The fourth-order valence-electron chi connectivity index (χ4n) is 4.19. The van der Waals surface area contributed by atoms with E-state index in [2.05, 4.69) is 15.6 Å². The topological polar surface area (TPSA) is 140 Å². The number of nitrogens with one attached hydrogen (secondary N) is 2. The third-order valence-electron chi connectivity index (χ3n) is 5.56. The van der Waals surface area contributed by atoms with Gasteiger partial charge in [0.15, 0.2) is 5.96 Å². The van der Waals surface area contributed by atoms with E-state index in [1.165, 1.54) is 16.7 Å². The van der Waals surface area contributed by atoms with E-state index in [4.69, 9.17) is 5.73 Å². The summed E-state index contributed by atoms with van der Waals surface area (Å²) in [7, 11) is 1.62. The number of nitrogens with zero attached hydrogens (tertiary/aromatic N) is 2. The van der Waals surface area contributed by atoms with E-state index in [1.54, 1.807) is 14.0 Å². The van der Waals surface area contributed by atoms with E-state index in [1.807, 2.05) is 6.92 Å². The van der Waals surface area contributed by atoms with Crippen molar-refractivity contribution in [3.8, 4) is 0 Å². The van der Waals surface area contributed by atoms with Gasteiger partial charge in [-0.15, -0.1) is 11.8 Å². The highest BCUT2D eigenvalue weighted by molar-refractivity contribution is 8.03. The van der Waals surface area contributed by atoms with E-state index >= 15 is 0 Å².